The number of rotatable bonds is 5. The minimum atomic E-state index is -0.768. The average Bonchev–Trinajstić information content (AvgIpc) is 2.63. The van der Waals surface area contributed by atoms with Crippen molar-refractivity contribution in [3.8, 4) is 5.75 Å². The van der Waals surface area contributed by atoms with E-state index in [4.69, 9.17) is 16.3 Å². The third-order valence-corrected chi connectivity index (χ3v) is 4.09. The van der Waals surface area contributed by atoms with Gasteiger partial charge in [-0.2, -0.15) is 0 Å². The first-order valence-electron chi connectivity index (χ1n) is 7.78. The van der Waals surface area contributed by atoms with Crippen molar-refractivity contribution in [1.82, 2.24) is 0 Å². The van der Waals surface area contributed by atoms with Gasteiger partial charge in [0.2, 0.25) is 0 Å². The summed E-state index contributed by atoms with van der Waals surface area (Å²) in [6.07, 6.45) is -0.0165. The Kier molecular flexibility index (Phi) is 5.00. The van der Waals surface area contributed by atoms with Crippen molar-refractivity contribution >= 4 is 40.3 Å². The molecule has 0 radical (unpaired) electrons. The number of carbonyl (C=O) groups is 2. The van der Waals surface area contributed by atoms with Gasteiger partial charge in [-0.05, 0) is 48.0 Å². The molecule has 0 saturated heterocycles. The standard InChI is InChI=1S/C20H16ClNO3/c1-13(20(24)22-16-9-7-15(21)8-10-16)25-19-11-6-14-4-2-3-5-17(14)18(19)12-23/h2-13H,1H3,(H,22,24)/t13-/m0/s1. The summed E-state index contributed by atoms with van der Waals surface area (Å²) in [4.78, 5) is 23.8. The molecular formula is C20H16ClNO3. The minimum Gasteiger partial charge on any atom is -0.480 e. The predicted octanol–water partition coefficient (Wildman–Crippen LogP) is 4.71. The fourth-order valence-corrected chi connectivity index (χ4v) is 2.65. The van der Waals surface area contributed by atoms with Crippen LogP contribution in [0.3, 0.4) is 0 Å². The number of nitrogens with one attached hydrogen (secondary N) is 1. The van der Waals surface area contributed by atoms with E-state index in [9.17, 15) is 9.59 Å². The van der Waals surface area contributed by atoms with E-state index in [2.05, 4.69) is 5.32 Å². The van der Waals surface area contributed by atoms with Gasteiger partial charge in [-0.15, -0.1) is 0 Å². The Morgan fingerprint density at radius 1 is 1.08 bits per heavy atom. The summed E-state index contributed by atoms with van der Waals surface area (Å²) in [6.45, 7) is 1.63. The number of ether oxygens (including phenoxy) is 1. The van der Waals surface area contributed by atoms with Crippen molar-refractivity contribution in [3.05, 3.63) is 71.2 Å². The molecule has 0 aliphatic heterocycles. The highest BCUT2D eigenvalue weighted by Gasteiger charge is 2.17. The number of benzene rings is 3. The average molecular weight is 354 g/mol. The molecular weight excluding hydrogens is 338 g/mol. The zero-order chi connectivity index (χ0) is 17.8. The molecule has 0 spiro atoms. The first kappa shape index (κ1) is 17.0. The number of fused-ring (bicyclic) bond motifs is 1. The van der Waals surface area contributed by atoms with Gasteiger partial charge in [0.15, 0.2) is 12.4 Å². The molecule has 4 nitrogen and oxygen atoms in total. The molecule has 0 aromatic heterocycles. The van der Waals surface area contributed by atoms with Crippen LogP contribution in [0.25, 0.3) is 10.8 Å². The van der Waals surface area contributed by atoms with Crippen LogP contribution < -0.4 is 10.1 Å². The fraction of sp³-hybridized carbons (Fsp3) is 0.100. The molecule has 0 unspecified atom stereocenters. The van der Waals surface area contributed by atoms with Gasteiger partial charge < -0.3 is 10.1 Å². The molecule has 126 valence electrons. The summed E-state index contributed by atoms with van der Waals surface area (Å²) in [6, 6.07) is 17.9. The number of hydrogen-bond acceptors (Lipinski definition) is 3. The second kappa shape index (κ2) is 7.36. The number of anilines is 1. The third kappa shape index (κ3) is 3.80. The van der Waals surface area contributed by atoms with E-state index in [1.54, 1.807) is 37.3 Å². The maximum atomic E-state index is 12.3. The van der Waals surface area contributed by atoms with E-state index in [1.807, 2.05) is 30.3 Å². The summed E-state index contributed by atoms with van der Waals surface area (Å²) in [5.74, 6) is 0.0692. The molecule has 5 heteroatoms. The third-order valence-electron chi connectivity index (χ3n) is 3.83. The number of carbonyl (C=O) groups excluding carboxylic acids is 2. The monoisotopic (exact) mass is 353 g/mol. The van der Waals surface area contributed by atoms with Crippen molar-refractivity contribution in [2.75, 3.05) is 5.32 Å². The molecule has 0 heterocycles. The Bertz CT molecular complexity index is 922. The molecule has 0 aliphatic rings. The predicted molar refractivity (Wildman–Crippen MR) is 99.5 cm³/mol. The lowest BCUT2D eigenvalue weighted by Gasteiger charge is -2.17. The van der Waals surface area contributed by atoms with Crippen LogP contribution in [0.15, 0.2) is 60.7 Å². The van der Waals surface area contributed by atoms with Crippen LogP contribution >= 0.6 is 11.6 Å². The fourth-order valence-electron chi connectivity index (χ4n) is 2.52. The van der Waals surface area contributed by atoms with E-state index in [-0.39, 0.29) is 5.91 Å². The van der Waals surface area contributed by atoms with Crippen molar-refractivity contribution < 1.29 is 14.3 Å². The normalized spacial score (nSPS) is 11.8. The Morgan fingerprint density at radius 3 is 2.52 bits per heavy atom. The highest BCUT2D eigenvalue weighted by Crippen LogP contribution is 2.27. The van der Waals surface area contributed by atoms with Crippen LogP contribution in [0.5, 0.6) is 5.75 Å². The van der Waals surface area contributed by atoms with E-state index >= 15 is 0 Å². The molecule has 0 fully saturated rings. The van der Waals surface area contributed by atoms with Gasteiger partial charge in [0.1, 0.15) is 5.75 Å². The van der Waals surface area contributed by atoms with Gasteiger partial charge in [0.25, 0.3) is 5.91 Å². The van der Waals surface area contributed by atoms with E-state index in [0.29, 0.717) is 22.0 Å². The molecule has 3 aromatic rings. The lowest BCUT2D eigenvalue weighted by atomic mass is 10.0. The maximum absolute atomic E-state index is 12.3. The van der Waals surface area contributed by atoms with Gasteiger partial charge >= 0.3 is 0 Å². The zero-order valence-corrected chi connectivity index (χ0v) is 14.3. The highest BCUT2D eigenvalue weighted by molar-refractivity contribution is 6.30. The van der Waals surface area contributed by atoms with Crippen LogP contribution in [-0.4, -0.2) is 18.3 Å². The molecule has 0 saturated carbocycles. The maximum Gasteiger partial charge on any atom is 0.265 e. The number of aldehydes is 1. The van der Waals surface area contributed by atoms with Gasteiger partial charge in [0, 0.05) is 10.7 Å². The summed E-state index contributed by atoms with van der Waals surface area (Å²) >= 11 is 5.83. The minimum absolute atomic E-state index is 0.313. The lowest BCUT2D eigenvalue weighted by Crippen LogP contribution is -2.30. The Balaban J connectivity index is 1.79. The molecule has 0 aliphatic carbocycles. The van der Waals surface area contributed by atoms with E-state index in [0.717, 1.165) is 17.1 Å². The largest absolute Gasteiger partial charge is 0.480 e. The topological polar surface area (TPSA) is 55.4 Å². The number of halogens is 1. The van der Waals surface area contributed by atoms with Crippen molar-refractivity contribution in [2.45, 2.75) is 13.0 Å². The number of amides is 1. The van der Waals surface area contributed by atoms with Gasteiger partial charge in [-0.1, -0.05) is 41.9 Å². The van der Waals surface area contributed by atoms with Crippen LogP contribution in [-0.2, 0) is 4.79 Å². The summed E-state index contributed by atoms with van der Waals surface area (Å²) in [7, 11) is 0. The molecule has 3 rings (SSSR count). The van der Waals surface area contributed by atoms with Crippen LogP contribution in [0.4, 0.5) is 5.69 Å². The van der Waals surface area contributed by atoms with Crippen molar-refractivity contribution in [3.63, 3.8) is 0 Å². The highest BCUT2D eigenvalue weighted by atomic mass is 35.5. The Hall–Kier alpha value is -2.85. The van der Waals surface area contributed by atoms with Gasteiger partial charge in [0.05, 0.1) is 5.56 Å². The second-order valence-corrected chi connectivity index (χ2v) is 6.01. The second-order valence-electron chi connectivity index (χ2n) is 5.57. The van der Waals surface area contributed by atoms with Gasteiger partial charge in [-0.3, -0.25) is 9.59 Å². The van der Waals surface area contributed by atoms with Crippen molar-refractivity contribution in [2.24, 2.45) is 0 Å². The summed E-state index contributed by atoms with van der Waals surface area (Å²) in [5, 5.41) is 5.08. The first-order chi connectivity index (χ1) is 12.1. The van der Waals surface area contributed by atoms with Gasteiger partial charge in [-0.25, -0.2) is 0 Å². The van der Waals surface area contributed by atoms with Crippen LogP contribution in [0.1, 0.15) is 17.3 Å². The zero-order valence-electron chi connectivity index (χ0n) is 13.5. The summed E-state index contributed by atoms with van der Waals surface area (Å²) < 4.78 is 5.73. The molecule has 0 bridgehead atoms. The van der Waals surface area contributed by atoms with E-state index in [1.165, 1.54) is 0 Å². The van der Waals surface area contributed by atoms with Crippen LogP contribution in [0.2, 0.25) is 5.02 Å². The molecule has 1 atom stereocenters. The SMILES string of the molecule is C[C@H](Oc1ccc2ccccc2c1C=O)C(=O)Nc1ccc(Cl)cc1. The molecule has 1 amide bonds. The van der Waals surface area contributed by atoms with Crippen LogP contribution in [0, 0.1) is 0 Å². The van der Waals surface area contributed by atoms with E-state index < -0.39 is 6.10 Å². The first-order valence-corrected chi connectivity index (χ1v) is 8.16. The smallest absolute Gasteiger partial charge is 0.265 e. The number of hydrogen-bond donors (Lipinski definition) is 1. The molecule has 3 aromatic carbocycles. The molecule has 1 N–H and O–H groups in total. The van der Waals surface area contributed by atoms with Crippen molar-refractivity contribution in [1.29, 1.82) is 0 Å². The Morgan fingerprint density at radius 2 is 1.80 bits per heavy atom. The quantitative estimate of drug-likeness (QED) is 0.676. The summed E-state index contributed by atoms with van der Waals surface area (Å²) in [5.41, 5.74) is 1.06. The molecule has 25 heavy (non-hydrogen) atoms. The Labute approximate surface area is 150 Å². The lowest BCUT2D eigenvalue weighted by molar-refractivity contribution is -0.122.